The molecule has 2 rings (SSSR count). The number of rotatable bonds is 6. The number of hydrazone groups is 1. The second-order valence-corrected chi connectivity index (χ2v) is 5.99. The first-order valence-electron chi connectivity index (χ1n) is 7.00. The molecular weight excluding hydrogens is 348 g/mol. The number of nitrogens with zero attached hydrogens (tertiary/aromatic N) is 1. The third-order valence-corrected chi connectivity index (χ3v) is 3.67. The normalized spacial score (nSPS) is 11.3. The Morgan fingerprint density at radius 1 is 1.08 bits per heavy atom. The fourth-order valence-corrected chi connectivity index (χ4v) is 2.41. The van der Waals surface area contributed by atoms with Crippen molar-refractivity contribution in [1.82, 2.24) is 5.43 Å². The topological polar surface area (TPSA) is 36.4 Å². The lowest BCUT2D eigenvalue weighted by atomic mass is 10.2. The maximum atomic E-state index is 12.2. The van der Waals surface area contributed by atoms with E-state index in [2.05, 4.69) is 15.8 Å². The highest BCUT2D eigenvalue weighted by atomic mass is 32.2. The number of benzene rings is 2. The molecule has 0 spiro atoms. The van der Waals surface area contributed by atoms with E-state index in [0.717, 1.165) is 5.56 Å². The van der Waals surface area contributed by atoms with Crippen molar-refractivity contribution in [2.45, 2.75) is 10.7 Å². The third-order valence-electron chi connectivity index (χ3n) is 2.75. The Morgan fingerprint density at radius 2 is 1.79 bits per heavy atom. The van der Waals surface area contributed by atoms with Gasteiger partial charge >= 0.3 is 0 Å². The van der Waals surface area contributed by atoms with Gasteiger partial charge in [0.1, 0.15) is 0 Å². The van der Waals surface area contributed by atoms with Crippen molar-refractivity contribution in [3.63, 3.8) is 0 Å². The SMILES string of the molecule is FC(F)Sc1ccc(NC(=S)N/N=C\C=C\c2ccccc2)cc1. The molecular formula is C17H15F2N3S2. The molecule has 7 heteroatoms. The highest BCUT2D eigenvalue weighted by Gasteiger charge is 2.04. The Balaban J connectivity index is 1.76. The fourth-order valence-electron chi connectivity index (χ4n) is 1.74. The van der Waals surface area contributed by atoms with Gasteiger partial charge in [-0.3, -0.25) is 5.43 Å². The Bertz CT molecular complexity index is 702. The molecule has 0 bridgehead atoms. The molecule has 0 atom stereocenters. The number of thiocarbonyl (C=S) groups is 1. The quantitative estimate of drug-likeness (QED) is 0.328. The van der Waals surface area contributed by atoms with Crippen molar-refractivity contribution < 1.29 is 8.78 Å². The summed E-state index contributed by atoms with van der Waals surface area (Å²) in [6.45, 7) is 0. The van der Waals surface area contributed by atoms with E-state index in [-0.39, 0.29) is 0 Å². The second-order valence-electron chi connectivity index (χ2n) is 4.52. The number of alkyl halides is 2. The van der Waals surface area contributed by atoms with Gasteiger partial charge in [-0.2, -0.15) is 13.9 Å². The van der Waals surface area contributed by atoms with Gasteiger partial charge in [-0.1, -0.05) is 48.2 Å². The van der Waals surface area contributed by atoms with Crippen molar-refractivity contribution in [2.24, 2.45) is 5.10 Å². The first-order valence-corrected chi connectivity index (χ1v) is 8.29. The highest BCUT2D eigenvalue weighted by Crippen LogP contribution is 2.26. The number of allylic oxidation sites excluding steroid dienone is 1. The van der Waals surface area contributed by atoms with Crippen LogP contribution in [-0.4, -0.2) is 17.1 Å². The van der Waals surface area contributed by atoms with Gasteiger partial charge in [-0.25, -0.2) is 0 Å². The van der Waals surface area contributed by atoms with Crippen LogP contribution in [0.25, 0.3) is 6.08 Å². The molecule has 0 saturated carbocycles. The molecule has 0 amide bonds. The van der Waals surface area contributed by atoms with Gasteiger partial charge < -0.3 is 5.32 Å². The van der Waals surface area contributed by atoms with Crippen LogP contribution in [0.15, 0.2) is 70.7 Å². The summed E-state index contributed by atoms with van der Waals surface area (Å²) < 4.78 is 24.5. The summed E-state index contributed by atoms with van der Waals surface area (Å²) in [5, 5.41) is 7.20. The number of halogens is 2. The molecule has 0 aliphatic heterocycles. The monoisotopic (exact) mass is 363 g/mol. The standard InChI is InChI=1S/C17H15F2N3S2/c18-16(19)24-15-10-8-14(9-11-15)21-17(23)22-20-12-4-7-13-5-2-1-3-6-13/h1-12,16H,(H2,21,22,23)/b7-4+,20-12-. The van der Waals surface area contributed by atoms with Crippen LogP contribution < -0.4 is 10.7 Å². The van der Waals surface area contributed by atoms with E-state index in [1.54, 1.807) is 36.6 Å². The van der Waals surface area contributed by atoms with E-state index < -0.39 is 5.76 Å². The highest BCUT2D eigenvalue weighted by molar-refractivity contribution is 7.99. The van der Waals surface area contributed by atoms with E-state index in [4.69, 9.17) is 12.2 Å². The maximum absolute atomic E-state index is 12.2. The van der Waals surface area contributed by atoms with E-state index in [0.29, 0.717) is 27.5 Å². The smallest absolute Gasteiger partial charge is 0.288 e. The Morgan fingerprint density at radius 3 is 2.46 bits per heavy atom. The Kier molecular flexibility index (Phi) is 7.38. The molecule has 0 aromatic heterocycles. The lowest BCUT2D eigenvalue weighted by molar-refractivity contribution is 0.252. The molecule has 0 aliphatic rings. The van der Waals surface area contributed by atoms with Crippen molar-refractivity contribution in [3.8, 4) is 0 Å². The van der Waals surface area contributed by atoms with Crippen molar-refractivity contribution in [3.05, 3.63) is 66.2 Å². The van der Waals surface area contributed by atoms with E-state index in [9.17, 15) is 8.78 Å². The average Bonchev–Trinajstić information content (AvgIpc) is 2.57. The average molecular weight is 363 g/mol. The molecule has 3 nitrogen and oxygen atoms in total. The Labute approximate surface area is 148 Å². The van der Waals surface area contributed by atoms with Crippen LogP contribution in [-0.2, 0) is 0 Å². The molecule has 0 radical (unpaired) electrons. The van der Waals surface area contributed by atoms with Gasteiger partial charge in [-0.05, 0) is 48.1 Å². The predicted molar refractivity (Wildman–Crippen MR) is 102 cm³/mol. The van der Waals surface area contributed by atoms with Gasteiger partial charge in [0.2, 0.25) is 0 Å². The molecule has 0 unspecified atom stereocenters. The van der Waals surface area contributed by atoms with Crippen LogP contribution in [0.1, 0.15) is 5.56 Å². The third kappa shape index (κ3) is 6.89. The molecule has 0 fully saturated rings. The van der Waals surface area contributed by atoms with Gasteiger partial charge in [0.05, 0.1) is 0 Å². The summed E-state index contributed by atoms with van der Waals surface area (Å²) >= 11 is 5.60. The van der Waals surface area contributed by atoms with Gasteiger partial charge in [0.25, 0.3) is 5.76 Å². The van der Waals surface area contributed by atoms with Crippen molar-refractivity contribution in [1.29, 1.82) is 0 Å². The molecule has 2 aromatic carbocycles. The predicted octanol–water partition coefficient (Wildman–Crippen LogP) is 4.99. The van der Waals surface area contributed by atoms with Crippen LogP contribution in [0.3, 0.4) is 0 Å². The minimum Gasteiger partial charge on any atom is -0.331 e. The fraction of sp³-hybridized carbons (Fsp3) is 0.0588. The summed E-state index contributed by atoms with van der Waals surface area (Å²) in [7, 11) is 0. The first-order chi connectivity index (χ1) is 11.6. The molecule has 0 heterocycles. The summed E-state index contributed by atoms with van der Waals surface area (Å²) in [6.07, 6.45) is 5.30. The minimum atomic E-state index is -2.43. The second kappa shape index (κ2) is 9.79. The number of hydrogen-bond donors (Lipinski definition) is 2. The summed E-state index contributed by atoms with van der Waals surface area (Å²) in [4.78, 5) is 0.499. The molecule has 0 saturated heterocycles. The Hall–Kier alpha value is -2.25. The van der Waals surface area contributed by atoms with E-state index >= 15 is 0 Å². The van der Waals surface area contributed by atoms with E-state index in [1.807, 2.05) is 36.4 Å². The first kappa shape index (κ1) is 18.1. The molecule has 2 aromatic rings. The number of nitrogens with one attached hydrogen (secondary N) is 2. The number of anilines is 1. The van der Waals surface area contributed by atoms with E-state index in [1.165, 1.54) is 0 Å². The zero-order chi connectivity index (χ0) is 17.2. The molecule has 124 valence electrons. The van der Waals surface area contributed by atoms with Gasteiger partial charge in [0.15, 0.2) is 5.11 Å². The van der Waals surface area contributed by atoms with Crippen LogP contribution in [0.4, 0.5) is 14.5 Å². The molecule has 24 heavy (non-hydrogen) atoms. The van der Waals surface area contributed by atoms with Crippen LogP contribution in [0, 0.1) is 0 Å². The number of thioether (sulfide) groups is 1. The lowest BCUT2D eigenvalue weighted by Gasteiger charge is -2.07. The largest absolute Gasteiger partial charge is 0.331 e. The zero-order valence-electron chi connectivity index (χ0n) is 12.5. The molecule has 0 aliphatic carbocycles. The van der Waals surface area contributed by atoms with Crippen LogP contribution in [0.5, 0.6) is 0 Å². The zero-order valence-corrected chi connectivity index (χ0v) is 14.2. The number of hydrogen-bond acceptors (Lipinski definition) is 3. The summed E-state index contributed by atoms with van der Waals surface area (Å²) in [5.41, 5.74) is 4.45. The van der Waals surface area contributed by atoms with Gasteiger partial charge in [0, 0.05) is 16.8 Å². The summed E-state index contributed by atoms with van der Waals surface area (Å²) in [6, 6.07) is 16.4. The van der Waals surface area contributed by atoms with Crippen molar-refractivity contribution >= 4 is 47.1 Å². The molecule has 2 N–H and O–H groups in total. The van der Waals surface area contributed by atoms with Gasteiger partial charge in [-0.15, -0.1) is 0 Å². The van der Waals surface area contributed by atoms with Crippen molar-refractivity contribution in [2.75, 3.05) is 5.32 Å². The minimum absolute atomic E-state index is 0.314. The maximum Gasteiger partial charge on any atom is 0.288 e. The summed E-state index contributed by atoms with van der Waals surface area (Å²) in [5.74, 6) is -2.43. The lowest BCUT2D eigenvalue weighted by Crippen LogP contribution is -2.23. The van der Waals surface area contributed by atoms with Crippen LogP contribution >= 0.6 is 24.0 Å². The van der Waals surface area contributed by atoms with Crippen LogP contribution in [0.2, 0.25) is 0 Å².